The first-order valence-corrected chi connectivity index (χ1v) is 7.00. The van der Waals surface area contributed by atoms with Gasteiger partial charge in [-0.1, -0.05) is 12.8 Å². The quantitative estimate of drug-likeness (QED) is 0.297. The molecule has 0 radical (unpaired) electrons. The average Bonchev–Trinajstić information content (AvgIpc) is 2.85. The number of ether oxygens (including phenoxy) is 1. The molecule has 1 saturated carbocycles. The van der Waals surface area contributed by atoms with Gasteiger partial charge in [0.05, 0.1) is 6.61 Å². The van der Waals surface area contributed by atoms with Gasteiger partial charge in [-0.15, -0.1) is 0 Å². The smallest absolute Gasteiger partial charge is 0.415 e. The summed E-state index contributed by atoms with van der Waals surface area (Å²) >= 11 is -0.704. The number of rotatable bonds is 9. The molecule has 0 unspecified atom stereocenters. The van der Waals surface area contributed by atoms with Crippen molar-refractivity contribution in [1.82, 2.24) is 0 Å². The minimum Gasteiger partial charge on any atom is -0.691 e. The molecule has 0 aromatic heterocycles. The molecule has 0 bridgehead atoms. The molecule has 1 rings (SSSR count). The second-order valence-corrected chi connectivity index (χ2v) is 5.62. The molecular weight excluding hydrogens is 298 g/mol. The fourth-order valence-corrected chi connectivity index (χ4v) is 2.76. The zero-order valence-corrected chi connectivity index (χ0v) is 11.6. The SMILES string of the molecule is O=C(OCCC1(CCO)CCCC1)C(F)(F)SOO[O-]. The van der Waals surface area contributed by atoms with E-state index in [1.807, 2.05) is 0 Å². The molecule has 0 amide bonds. The van der Waals surface area contributed by atoms with E-state index in [-0.39, 0.29) is 18.6 Å². The van der Waals surface area contributed by atoms with Crippen molar-refractivity contribution in [1.29, 1.82) is 0 Å². The average molecular weight is 315 g/mol. The van der Waals surface area contributed by atoms with Crippen LogP contribution >= 0.6 is 12.0 Å². The van der Waals surface area contributed by atoms with E-state index in [2.05, 4.69) is 14.1 Å². The summed E-state index contributed by atoms with van der Waals surface area (Å²) < 4.78 is 34.0. The van der Waals surface area contributed by atoms with Crippen molar-refractivity contribution >= 4 is 18.0 Å². The van der Waals surface area contributed by atoms with E-state index in [4.69, 9.17) is 5.11 Å². The molecule has 1 aliphatic rings. The third-order valence-corrected chi connectivity index (χ3v) is 4.08. The number of hydrogen-bond donors (Lipinski definition) is 1. The number of carbonyl (C=O) groups excluding carboxylic acids is 1. The van der Waals surface area contributed by atoms with Crippen molar-refractivity contribution < 1.29 is 38.0 Å². The summed E-state index contributed by atoms with van der Waals surface area (Å²) in [4.78, 5) is 11.1. The Morgan fingerprint density at radius 3 is 2.55 bits per heavy atom. The van der Waals surface area contributed by atoms with Gasteiger partial charge >= 0.3 is 11.2 Å². The highest BCUT2D eigenvalue weighted by atomic mass is 32.2. The third kappa shape index (κ3) is 5.13. The van der Waals surface area contributed by atoms with Crippen LogP contribution in [-0.4, -0.2) is 29.5 Å². The Balaban J connectivity index is 2.36. The molecule has 0 aliphatic heterocycles. The zero-order chi connectivity index (χ0) is 15.1. The van der Waals surface area contributed by atoms with Crippen LogP contribution in [0.4, 0.5) is 8.78 Å². The standard InChI is InChI=1S/C11H18F2O6S/c12-11(13,20-19-18-16)9(15)17-8-6-10(5-7-14)3-1-2-4-10/h14,16H,1-8H2/p-1. The predicted octanol–water partition coefficient (Wildman–Crippen LogP) is 1.33. The van der Waals surface area contributed by atoms with Crippen LogP contribution in [0.2, 0.25) is 0 Å². The van der Waals surface area contributed by atoms with Crippen molar-refractivity contribution in [2.75, 3.05) is 13.2 Å². The number of esters is 1. The maximum absolute atomic E-state index is 13.1. The number of hydrogen-bond acceptors (Lipinski definition) is 7. The van der Waals surface area contributed by atoms with Crippen LogP contribution in [0, 0.1) is 5.41 Å². The summed E-state index contributed by atoms with van der Waals surface area (Å²) in [6.07, 6.45) is 4.83. The molecule has 1 fully saturated rings. The van der Waals surface area contributed by atoms with Gasteiger partial charge in [0.25, 0.3) is 0 Å². The summed E-state index contributed by atoms with van der Waals surface area (Å²) in [6, 6.07) is 0. The Bertz CT molecular complexity index is 309. The zero-order valence-electron chi connectivity index (χ0n) is 10.8. The van der Waals surface area contributed by atoms with Gasteiger partial charge < -0.3 is 15.1 Å². The van der Waals surface area contributed by atoms with Gasteiger partial charge in [-0.3, -0.25) is 5.04 Å². The molecule has 118 valence electrons. The summed E-state index contributed by atoms with van der Waals surface area (Å²) in [5.74, 6) is -1.78. The van der Waals surface area contributed by atoms with Gasteiger partial charge in [0.2, 0.25) is 0 Å². The number of aliphatic hydroxyl groups is 1. The Labute approximate surface area is 119 Å². The normalized spacial score (nSPS) is 18.2. The highest BCUT2D eigenvalue weighted by molar-refractivity contribution is 7.96. The van der Waals surface area contributed by atoms with Crippen molar-refractivity contribution in [3.05, 3.63) is 0 Å². The first-order valence-electron chi connectivity index (χ1n) is 6.26. The highest BCUT2D eigenvalue weighted by Crippen LogP contribution is 2.44. The maximum atomic E-state index is 13.1. The minimum absolute atomic E-state index is 0.0225. The lowest BCUT2D eigenvalue weighted by atomic mass is 9.80. The van der Waals surface area contributed by atoms with E-state index in [9.17, 15) is 18.8 Å². The summed E-state index contributed by atoms with van der Waals surface area (Å²) in [5.41, 5.74) is -0.133. The van der Waals surface area contributed by atoms with Gasteiger partial charge in [0.15, 0.2) is 0 Å². The van der Waals surface area contributed by atoms with Crippen molar-refractivity contribution in [3.63, 3.8) is 0 Å². The van der Waals surface area contributed by atoms with Crippen molar-refractivity contribution in [2.24, 2.45) is 5.41 Å². The lowest BCUT2D eigenvalue weighted by Crippen LogP contribution is -2.30. The first kappa shape index (κ1) is 17.6. The van der Waals surface area contributed by atoms with E-state index in [0.29, 0.717) is 12.8 Å². The lowest BCUT2D eigenvalue weighted by molar-refractivity contribution is -0.777. The Hall–Kier alpha value is -0.480. The van der Waals surface area contributed by atoms with E-state index < -0.39 is 23.3 Å². The number of aliphatic hydroxyl groups excluding tert-OH is 1. The monoisotopic (exact) mass is 315 g/mol. The maximum Gasteiger partial charge on any atom is 0.415 e. The topological polar surface area (TPSA) is 88.1 Å². The first-order chi connectivity index (χ1) is 9.46. The minimum atomic E-state index is -4.00. The molecular formula is C11H17F2O6S-. The fourth-order valence-electron chi connectivity index (χ4n) is 2.52. The van der Waals surface area contributed by atoms with E-state index in [1.165, 1.54) is 0 Å². The Morgan fingerprint density at radius 1 is 1.35 bits per heavy atom. The van der Waals surface area contributed by atoms with Gasteiger partial charge in [-0.2, -0.15) is 13.1 Å². The molecule has 6 nitrogen and oxygen atoms in total. The molecule has 1 N–H and O–H groups in total. The van der Waals surface area contributed by atoms with E-state index >= 15 is 0 Å². The molecule has 9 heteroatoms. The third-order valence-electron chi connectivity index (χ3n) is 3.58. The predicted molar refractivity (Wildman–Crippen MR) is 62.9 cm³/mol. The molecule has 0 saturated heterocycles. The molecule has 0 atom stereocenters. The molecule has 0 spiro atoms. The number of halogens is 2. The van der Waals surface area contributed by atoms with Crippen LogP contribution in [0.3, 0.4) is 0 Å². The second-order valence-electron chi connectivity index (χ2n) is 4.80. The van der Waals surface area contributed by atoms with Gasteiger partial charge in [-0.05, 0) is 31.1 Å². The van der Waals surface area contributed by atoms with E-state index in [1.54, 1.807) is 0 Å². The molecule has 0 aromatic carbocycles. The Morgan fingerprint density at radius 2 is 2.00 bits per heavy atom. The van der Waals surface area contributed by atoms with Crippen molar-refractivity contribution in [3.8, 4) is 0 Å². The highest BCUT2D eigenvalue weighted by Gasteiger charge is 2.44. The summed E-state index contributed by atoms with van der Waals surface area (Å²) in [6.45, 7) is -0.137. The fraction of sp³-hybridized carbons (Fsp3) is 0.909. The molecule has 0 aromatic rings. The number of carbonyl (C=O) groups is 1. The largest absolute Gasteiger partial charge is 0.691 e. The van der Waals surface area contributed by atoms with Crippen LogP contribution in [0.1, 0.15) is 38.5 Å². The molecule has 1 aliphatic carbocycles. The lowest BCUT2D eigenvalue weighted by Gasteiger charge is -2.28. The Kier molecular flexibility index (Phi) is 7.10. The van der Waals surface area contributed by atoms with Crippen LogP contribution < -0.4 is 5.26 Å². The van der Waals surface area contributed by atoms with Crippen LogP contribution in [-0.2, 0) is 18.9 Å². The molecule has 0 heterocycles. The van der Waals surface area contributed by atoms with Crippen LogP contribution in [0.15, 0.2) is 0 Å². The second kappa shape index (κ2) is 8.08. The summed E-state index contributed by atoms with van der Waals surface area (Å²) in [7, 11) is 0. The van der Waals surface area contributed by atoms with Gasteiger partial charge in [-0.25, -0.2) is 4.79 Å². The van der Waals surface area contributed by atoms with E-state index in [0.717, 1.165) is 25.7 Å². The van der Waals surface area contributed by atoms with Gasteiger partial charge in [0.1, 0.15) is 12.0 Å². The number of alkyl halides is 2. The van der Waals surface area contributed by atoms with Crippen LogP contribution in [0.5, 0.6) is 0 Å². The molecule has 20 heavy (non-hydrogen) atoms. The van der Waals surface area contributed by atoms with Gasteiger partial charge in [0, 0.05) is 6.61 Å². The van der Waals surface area contributed by atoms with Crippen LogP contribution in [0.25, 0.3) is 0 Å². The summed E-state index contributed by atoms with van der Waals surface area (Å²) in [5, 5.41) is 17.2. The van der Waals surface area contributed by atoms with Crippen molar-refractivity contribution in [2.45, 2.75) is 43.8 Å².